The fraction of sp³-hybridized carbons (Fsp3) is 0.381. The highest BCUT2D eigenvalue weighted by Gasteiger charge is 2.55. The topological polar surface area (TPSA) is 58.6 Å². The Labute approximate surface area is 161 Å². The van der Waals surface area contributed by atoms with Gasteiger partial charge in [-0.25, -0.2) is 0 Å². The van der Waals surface area contributed by atoms with Gasteiger partial charge >= 0.3 is 6.18 Å². The average Bonchev–Trinajstić information content (AvgIpc) is 2.72. The number of carbonyl (C=O) groups excluding carboxylic acids is 1. The van der Waals surface area contributed by atoms with Crippen molar-refractivity contribution in [3.8, 4) is 0 Å². The van der Waals surface area contributed by atoms with Crippen LogP contribution in [0.25, 0.3) is 0 Å². The average molecular weight is 393 g/mol. The number of halogens is 3. The van der Waals surface area contributed by atoms with Crippen molar-refractivity contribution in [1.82, 2.24) is 5.32 Å². The molecule has 1 aliphatic heterocycles. The lowest BCUT2D eigenvalue weighted by molar-refractivity contribution is -0.264. The lowest BCUT2D eigenvalue weighted by Crippen LogP contribution is -2.55. The van der Waals surface area contributed by atoms with Crippen LogP contribution in [0.3, 0.4) is 0 Å². The van der Waals surface area contributed by atoms with E-state index < -0.39 is 29.6 Å². The molecule has 7 heteroatoms. The molecular weight excluding hydrogens is 371 g/mol. The molecule has 1 heterocycles. The summed E-state index contributed by atoms with van der Waals surface area (Å²) >= 11 is 0. The number of ether oxygens (including phenoxy) is 1. The molecule has 3 rings (SSSR count). The van der Waals surface area contributed by atoms with Crippen LogP contribution < -0.4 is 5.32 Å². The highest BCUT2D eigenvalue weighted by Crippen LogP contribution is 2.39. The van der Waals surface area contributed by atoms with Gasteiger partial charge in [0.1, 0.15) is 0 Å². The summed E-state index contributed by atoms with van der Waals surface area (Å²) in [5, 5.41) is 12.8. The molecule has 4 nitrogen and oxygen atoms in total. The van der Waals surface area contributed by atoms with Gasteiger partial charge in [-0.1, -0.05) is 60.7 Å². The zero-order chi connectivity index (χ0) is 20.3. The Morgan fingerprint density at radius 3 is 2.07 bits per heavy atom. The predicted octanol–water partition coefficient (Wildman–Crippen LogP) is 3.30. The van der Waals surface area contributed by atoms with Gasteiger partial charge in [0.15, 0.2) is 0 Å². The van der Waals surface area contributed by atoms with E-state index in [1.165, 1.54) is 24.3 Å². The molecule has 150 valence electrons. The highest BCUT2D eigenvalue weighted by atomic mass is 19.4. The standard InChI is InChI=1S/C21H22F3NO3/c22-21(23,24)20(27,17-9-5-2-6-10-17)15-25-18(26)19(11-13-28-14-12-19)16-7-3-1-4-8-16/h1-10,27H,11-15H2,(H,25,26)/t20-/m1/s1. The molecule has 0 spiro atoms. The molecule has 0 saturated carbocycles. The van der Waals surface area contributed by atoms with Crippen LogP contribution in [0, 0.1) is 0 Å². The zero-order valence-corrected chi connectivity index (χ0v) is 15.2. The Balaban J connectivity index is 1.87. The molecular formula is C21H22F3NO3. The molecule has 1 amide bonds. The van der Waals surface area contributed by atoms with E-state index in [9.17, 15) is 23.1 Å². The summed E-state index contributed by atoms with van der Waals surface area (Å²) in [7, 11) is 0. The van der Waals surface area contributed by atoms with Crippen molar-refractivity contribution in [2.45, 2.75) is 30.0 Å². The van der Waals surface area contributed by atoms with Crippen LogP contribution in [-0.2, 0) is 20.5 Å². The minimum Gasteiger partial charge on any atom is -0.381 e. The molecule has 0 aliphatic carbocycles. The van der Waals surface area contributed by atoms with Gasteiger partial charge in [-0.15, -0.1) is 0 Å². The first kappa shape index (κ1) is 20.4. The van der Waals surface area contributed by atoms with Gasteiger partial charge in [-0.05, 0) is 24.0 Å². The van der Waals surface area contributed by atoms with E-state index in [0.29, 0.717) is 26.1 Å². The number of rotatable bonds is 5. The highest BCUT2D eigenvalue weighted by molar-refractivity contribution is 5.88. The SMILES string of the molecule is O=C(NC[C@@](O)(c1ccccc1)C(F)(F)F)C1(c2ccccc2)CCOCC1. The first-order valence-electron chi connectivity index (χ1n) is 9.06. The van der Waals surface area contributed by atoms with Crippen molar-refractivity contribution in [2.24, 2.45) is 0 Å². The van der Waals surface area contributed by atoms with E-state index in [4.69, 9.17) is 4.74 Å². The molecule has 2 aromatic rings. The number of alkyl halides is 3. The Kier molecular flexibility index (Phi) is 5.76. The van der Waals surface area contributed by atoms with E-state index >= 15 is 0 Å². The van der Waals surface area contributed by atoms with Gasteiger partial charge in [0, 0.05) is 13.2 Å². The molecule has 1 aliphatic rings. The number of amides is 1. The molecule has 1 atom stereocenters. The molecule has 2 aromatic carbocycles. The second-order valence-electron chi connectivity index (χ2n) is 6.97. The molecule has 2 N–H and O–H groups in total. The lowest BCUT2D eigenvalue weighted by atomic mass is 9.73. The van der Waals surface area contributed by atoms with Crippen LogP contribution in [0.4, 0.5) is 13.2 Å². The molecule has 28 heavy (non-hydrogen) atoms. The summed E-state index contributed by atoms with van der Waals surface area (Å²) in [4.78, 5) is 13.1. The van der Waals surface area contributed by atoms with Crippen LogP contribution in [0.5, 0.6) is 0 Å². The molecule has 1 saturated heterocycles. The summed E-state index contributed by atoms with van der Waals surface area (Å²) < 4.78 is 46.4. The Morgan fingerprint density at radius 2 is 1.54 bits per heavy atom. The maximum Gasteiger partial charge on any atom is 0.423 e. The first-order valence-corrected chi connectivity index (χ1v) is 9.06. The predicted molar refractivity (Wildman–Crippen MR) is 97.6 cm³/mol. The second-order valence-corrected chi connectivity index (χ2v) is 6.97. The maximum atomic E-state index is 13.7. The van der Waals surface area contributed by atoms with Crippen LogP contribution in [0.1, 0.15) is 24.0 Å². The van der Waals surface area contributed by atoms with Crippen molar-refractivity contribution in [3.63, 3.8) is 0 Å². The smallest absolute Gasteiger partial charge is 0.381 e. The zero-order valence-electron chi connectivity index (χ0n) is 15.2. The first-order chi connectivity index (χ1) is 13.3. The van der Waals surface area contributed by atoms with Gasteiger partial charge in [0.2, 0.25) is 11.5 Å². The molecule has 0 radical (unpaired) electrons. The number of hydrogen-bond acceptors (Lipinski definition) is 3. The Hall–Kier alpha value is -2.38. The van der Waals surface area contributed by atoms with Gasteiger partial charge < -0.3 is 15.2 Å². The minimum absolute atomic E-state index is 0.316. The van der Waals surface area contributed by atoms with Crippen LogP contribution in [0.2, 0.25) is 0 Å². The molecule has 0 bridgehead atoms. The van der Waals surface area contributed by atoms with Crippen LogP contribution in [-0.4, -0.2) is 36.9 Å². The summed E-state index contributed by atoms with van der Waals surface area (Å²) in [6, 6.07) is 15.7. The van der Waals surface area contributed by atoms with Gasteiger partial charge in [-0.3, -0.25) is 4.79 Å². The van der Waals surface area contributed by atoms with Crippen molar-refractivity contribution in [2.75, 3.05) is 19.8 Å². The van der Waals surface area contributed by atoms with E-state index in [1.54, 1.807) is 30.3 Å². The normalized spacial score (nSPS) is 18.9. The summed E-state index contributed by atoms with van der Waals surface area (Å²) in [6.45, 7) is -0.288. The lowest BCUT2D eigenvalue weighted by Gasteiger charge is -2.38. The van der Waals surface area contributed by atoms with E-state index in [1.807, 2.05) is 6.07 Å². The second kappa shape index (κ2) is 7.93. The third-order valence-electron chi connectivity index (χ3n) is 5.33. The quantitative estimate of drug-likeness (QED) is 0.820. The van der Waals surface area contributed by atoms with Crippen molar-refractivity contribution in [3.05, 3.63) is 71.8 Å². The monoisotopic (exact) mass is 393 g/mol. The summed E-state index contributed by atoms with van der Waals surface area (Å²) in [5.74, 6) is -0.541. The summed E-state index contributed by atoms with van der Waals surface area (Å²) in [5.41, 5.74) is -3.75. The van der Waals surface area contributed by atoms with E-state index in [0.717, 1.165) is 5.56 Å². The van der Waals surface area contributed by atoms with Gasteiger partial charge in [0.05, 0.1) is 12.0 Å². The molecule has 0 unspecified atom stereocenters. The molecule has 0 aromatic heterocycles. The van der Waals surface area contributed by atoms with Gasteiger partial charge in [0.25, 0.3) is 0 Å². The van der Waals surface area contributed by atoms with Crippen molar-refractivity contribution < 1.29 is 27.8 Å². The maximum absolute atomic E-state index is 13.7. The number of hydrogen-bond donors (Lipinski definition) is 2. The third-order valence-corrected chi connectivity index (χ3v) is 5.33. The largest absolute Gasteiger partial charge is 0.423 e. The number of benzene rings is 2. The minimum atomic E-state index is -4.95. The van der Waals surface area contributed by atoms with Crippen molar-refractivity contribution >= 4 is 5.91 Å². The van der Waals surface area contributed by atoms with Crippen LogP contribution >= 0.6 is 0 Å². The van der Waals surface area contributed by atoms with Crippen LogP contribution in [0.15, 0.2) is 60.7 Å². The third kappa shape index (κ3) is 3.77. The Morgan fingerprint density at radius 1 is 1.00 bits per heavy atom. The number of nitrogens with one attached hydrogen (secondary N) is 1. The van der Waals surface area contributed by atoms with Crippen molar-refractivity contribution in [1.29, 1.82) is 0 Å². The number of carbonyl (C=O) groups is 1. The fourth-order valence-electron chi connectivity index (χ4n) is 3.58. The fourth-order valence-corrected chi connectivity index (χ4v) is 3.58. The number of aliphatic hydroxyl groups is 1. The molecule has 1 fully saturated rings. The van der Waals surface area contributed by atoms with Gasteiger partial charge in [-0.2, -0.15) is 13.2 Å². The van der Waals surface area contributed by atoms with E-state index in [2.05, 4.69) is 5.32 Å². The Bertz CT molecular complexity index is 790. The summed E-state index contributed by atoms with van der Waals surface area (Å²) in [6.07, 6.45) is -4.23. The van der Waals surface area contributed by atoms with E-state index in [-0.39, 0.29) is 5.56 Å².